The van der Waals surface area contributed by atoms with Gasteiger partial charge in [0.1, 0.15) is 17.1 Å². The van der Waals surface area contributed by atoms with Crippen molar-refractivity contribution < 1.29 is 9.15 Å². The largest absolute Gasteiger partial charge is 0.494 e. The van der Waals surface area contributed by atoms with Gasteiger partial charge in [-0.2, -0.15) is 0 Å². The van der Waals surface area contributed by atoms with Crippen LogP contribution in [-0.4, -0.2) is 13.2 Å². The maximum Gasteiger partial charge on any atom is 0.134 e. The lowest BCUT2D eigenvalue weighted by Crippen LogP contribution is -2.17. The van der Waals surface area contributed by atoms with Crippen molar-refractivity contribution in [2.24, 2.45) is 0 Å². The van der Waals surface area contributed by atoms with Crippen LogP contribution >= 0.6 is 0 Å². The number of fused-ring (bicyclic) bond motifs is 1. The second kappa shape index (κ2) is 5.44. The molecule has 2 rings (SSSR count). The second-order valence-corrected chi connectivity index (χ2v) is 4.46. The molecule has 0 saturated carbocycles. The predicted octanol–water partition coefficient (Wildman–Crippen LogP) is 3.81. The van der Waals surface area contributed by atoms with Gasteiger partial charge in [0, 0.05) is 10.9 Å². The summed E-state index contributed by atoms with van der Waals surface area (Å²) >= 11 is 0. The normalized spacial score (nSPS) is 12.9. The van der Waals surface area contributed by atoms with Crippen molar-refractivity contribution in [1.29, 1.82) is 0 Å². The summed E-state index contributed by atoms with van der Waals surface area (Å²) < 4.78 is 11.5. The highest BCUT2D eigenvalue weighted by Crippen LogP contribution is 2.31. The Kier molecular flexibility index (Phi) is 3.92. The highest BCUT2D eigenvalue weighted by Gasteiger charge is 2.16. The molecule has 1 aromatic carbocycles. The van der Waals surface area contributed by atoms with Crippen molar-refractivity contribution in [2.75, 3.05) is 13.2 Å². The van der Waals surface area contributed by atoms with Crippen molar-refractivity contribution in [3.05, 3.63) is 29.5 Å². The Bertz CT molecular complexity index is 531. The molecule has 0 aliphatic heterocycles. The quantitative estimate of drug-likeness (QED) is 0.872. The summed E-state index contributed by atoms with van der Waals surface area (Å²) in [5, 5.41) is 4.52. The van der Waals surface area contributed by atoms with Gasteiger partial charge < -0.3 is 14.5 Å². The fourth-order valence-electron chi connectivity index (χ4n) is 2.29. The first-order valence-corrected chi connectivity index (χ1v) is 6.56. The van der Waals surface area contributed by atoms with Crippen LogP contribution in [-0.2, 0) is 0 Å². The minimum absolute atomic E-state index is 0.234. The Morgan fingerprint density at radius 3 is 2.78 bits per heavy atom. The van der Waals surface area contributed by atoms with Gasteiger partial charge >= 0.3 is 0 Å². The van der Waals surface area contributed by atoms with E-state index in [1.807, 2.05) is 19.1 Å². The van der Waals surface area contributed by atoms with Crippen molar-refractivity contribution in [3.8, 4) is 5.75 Å². The summed E-state index contributed by atoms with van der Waals surface area (Å²) in [5.41, 5.74) is 2.12. The fraction of sp³-hybridized carbons (Fsp3) is 0.467. The molecule has 98 valence electrons. The smallest absolute Gasteiger partial charge is 0.134 e. The molecule has 1 N–H and O–H groups in total. The third-order valence-corrected chi connectivity index (χ3v) is 3.16. The van der Waals surface area contributed by atoms with Crippen LogP contribution in [0.15, 0.2) is 22.6 Å². The van der Waals surface area contributed by atoms with E-state index in [4.69, 9.17) is 9.15 Å². The van der Waals surface area contributed by atoms with E-state index in [9.17, 15) is 0 Å². The van der Waals surface area contributed by atoms with Crippen LogP contribution in [0.2, 0.25) is 0 Å². The first kappa shape index (κ1) is 13.0. The number of hydrogen-bond acceptors (Lipinski definition) is 3. The van der Waals surface area contributed by atoms with E-state index < -0.39 is 0 Å². The highest BCUT2D eigenvalue weighted by atomic mass is 16.5. The van der Waals surface area contributed by atoms with Gasteiger partial charge in [-0.1, -0.05) is 6.92 Å². The number of aryl methyl sites for hydroxylation is 1. The Labute approximate surface area is 108 Å². The zero-order valence-corrected chi connectivity index (χ0v) is 11.5. The molecule has 0 bridgehead atoms. The van der Waals surface area contributed by atoms with Crippen molar-refractivity contribution in [3.63, 3.8) is 0 Å². The molecule has 0 saturated heterocycles. The van der Waals surface area contributed by atoms with E-state index in [0.717, 1.165) is 29.0 Å². The van der Waals surface area contributed by atoms with E-state index in [1.165, 1.54) is 5.56 Å². The van der Waals surface area contributed by atoms with Crippen LogP contribution in [0.5, 0.6) is 5.75 Å². The van der Waals surface area contributed by atoms with Crippen LogP contribution in [0.1, 0.15) is 38.1 Å². The number of benzene rings is 1. The van der Waals surface area contributed by atoms with Gasteiger partial charge in [-0.15, -0.1) is 0 Å². The molecule has 1 unspecified atom stereocenters. The maximum atomic E-state index is 5.93. The van der Waals surface area contributed by atoms with Gasteiger partial charge in [0.05, 0.1) is 12.6 Å². The van der Waals surface area contributed by atoms with Gasteiger partial charge in [0.2, 0.25) is 0 Å². The molecule has 1 atom stereocenters. The molecule has 0 spiro atoms. The summed E-state index contributed by atoms with van der Waals surface area (Å²) in [6.07, 6.45) is 0. The molecule has 3 heteroatoms. The molecule has 18 heavy (non-hydrogen) atoms. The second-order valence-electron chi connectivity index (χ2n) is 4.46. The average molecular weight is 247 g/mol. The van der Waals surface area contributed by atoms with E-state index >= 15 is 0 Å². The SMILES string of the molecule is CCNC(C)c1oc2ccc(OCC)cc2c1C. The number of ether oxygens (including phenoxy) is 1. The number of hydrogen-bond donors (Lipinski definition) is 1. The van der Waals surface area contributed by atoms with Gasteiger partial charge in [0.15, 0.2) is 0 Å². The van der Waals surface area contributed by atoms with Gasteiger partial charge in [-0.05, 0) is 45.5 Å². The van der Waals surface area contributed by atoms with Gasteiger partial charge in [-0.3, -0.25) is 0 Å². The Balaban J connectivity index is 2.42. The molecule has 1 aromatic heterocycles. The lowest BCUT2D eigenvalue weighted by molar-refractivity contribution is 0.340. The van der Waals surface area contributed by atoms with Gasteiger partial charge in [0.25, 0.3) is 0 Å². The third-order valence-electron chi connectivity index (χ3n) is 3.16. The standard InChI is InChI=1S/C15H21NO2/c1-5-16-11(4)15-10(3)13-9-12(17-6-2)7-8-14(13)18-15/h7-9,11,16H,5-6H2,1-4H3. The molecular weight excluding hydrogens is 226 g/mol. The molecular formula is C15H21NO2. The Hall–Kier alpha value is -1.48. The zero-order chi connectivity index (χ0) is 13.1. The van der Waals surface area contributed by atoms with Gasteiger partial charge in [-0.25, -0.2) is 0 Å². The lowest BCUT2D eigenvalue weighted by Gasteiger charge is -2.09. The predicted molar refractivity (Wildman–Crippen MR) is 74.2 cm³/mol. The number of furan rings is 1. The summed E-state index contributed by atoms with van der Waals surface area (Å²) in [6.45, 7) is 9.93. The molecule has 2 aromatic rings. The molecule has 3 nitrogen and oxygen atoms in total. The fourth-order valence-corrected chi connectivity index (χ4v) is 2.29. The van der Waals surface area contributed by atoms with Crippen LogP contribution < -0.4 is 10.1 Å². The van der Waals surface area contributed by atoms with Crippen molar-refractivity contribution >= 4 is 11.0 Å². The summed E-state index contributed by atoms with van der Waals surface area (Å²) in [5.74, 6) is 1.91. The molecule has 0 amide bonds. The summed E-state index contributed by atoms with van der Waals surface area (Å²) in [4.78, 5) is 0. The van der Waals surface area contributed by atoms with E-state index in [0.29, 0.717) is 6.61 Å². The van der Waals surface area contributed by atoms with Crippen molar-refractivity contribution in [2.45, 2.75) is 33.7 Å². The number of nitrogens with one attached hydrogen (secondary N) is 1. The van der Waals surface area contributed by atoms with E-state index in [1.54, 1.807) is 0 Å². The topological polar surface area (TPSA) is 34.4 Å². The first-order chi connectivity index (χ1) is 8.67. The lowest BCUT2D eigenvalue weighted by atomic mass is 10.1. The maximum absolute atomic E-state index is 5.93. The molecule has 1 heterocycles. The minimum Gasteiger partial charge on any atom is -0.494 e. The van der Waals surface area contributed by atoms with Crippen LogP contribution in [0.25, 0.3) is 11.0 Å². The third kappa shape index (κ3) is 2.36. The molecule has 0 aliphatic rings. The minimum atomic E-state index is 0.234. The molecule has 0 radical (unpaired) electrons. The van der Waals surface area contributed by atoms with E-state index in [2.05, 4.69) is 32.2 Å². The first-order valence-electron chi connectivity index (χ1n) is 6.56. The van der Waals surface area contributed by atoms with Crippen LogP contribution in [0.3, 0.4) is 0 Å². The highest BCUT2D eigenvalue weighted by molar-refractivity contribution is 5.83. The summed E-state index contributed by atoms with van der Waals surface area (Å²) in [6, 6.07) is 6.23. The summed E-state index contributed by atoms with van der Waals surface area (Å²) in [7, 11) is 0. The molecule has 0 aliphatic carbocycles. The average Bonchev–Trinajstić information content (AvgIpc) is 2.68. The van der Waals surface area contributed by atoms with Crippen LogP contribution in [0.4, 0.5) is 0 Å². The van der Waals surface area contributed by atoms with E-state index in [-0.39, 0.29) is 6.04 Å². The zero-order valence-electron chi connectivity index (χ0n) is 11.5. The Morgan fingerprint density at radius 2 is 2.11 bits per heavy atom. The van der Waals surface area contributed by atoms with Crippen molar-refractivity contribution in [1.82, 2.24) is 5.32 Å². The molecule has 0 fully saturated rings. The number of rotatable bonds is 5. The monoisotopic (exact) mass is 247 g/mol. The van der Waals surface area contributed by atoms with Crippen LogP contribution in [0, 0.1) is 6.92 Å². The Morgan fingerprint density at radius 1 is 1.33 bits per heavy atom.